The van der Waals surface area contributed by atoms with E-state index in [-0.39, 0.29) is 11.8 Å². The number of halogens is 1. The number of carbonyl (C=O) groups excluding carboxylic acids is 1. The highest BCUT2D eigenvalue weighted by atomic mass is 35.5. The van der Waals surface area contributed by atoms with Crippen molar-refractivity contribution < 1.29 is 4.79 Å². The minimum Gasteiger partial charge on any atom is -0.295 e. The van der Waals surface area contributed by atoms with Gasteiger partial charge in [0.2, 0.25) is 5.91 Å². The number of aryl methyl sites for hydroxylation is 1. The second-order valence-corrected chi connectivity index (χ2v) is 7.21. The lowest BCUT2D eigenvalue weighted by Crippen LogP contribution is -2.28. The molecule has 2 aromatic heterocycles. The lowest BCUT2D eigenvalue weighted by molar-refractivity contribution is -0.120. The summed E-state index contributed by atoms with van der Waals surface area (Å²) in [6, 6.07) is 13.4. The van der Waals surface area contributed by atoms with Crippen molar-refractivity contribution in [1.82, 2.24) is 15.2 Å². The third-order valence-corrected chi connectivity index (χ3v) is 5.19. The molecule has 1 fully saturated rings. The fourth-order valence-corrected chi connectivity index (χ4v) is 3.56. The zero-order valence-corrected chi connectivity index (χ0v) is 15.7. The predicted molar refractivity (Wildman–Crippen MR) is 106 cm³/mol. The molecule has 6 heteroatoms. The molecule has 3 aromatic rings. The van der Waals surface area contributed by atoms with Crippen LogP contribution in [0.25, 0.3) is 11.3 Å². The lowest BCUT2D eigenvalue weighted by Gasteiger charge is -2.15. The van der Waals surface area contributed by atoms with Crippen LogP contribution in [0.5, 0.6) is 0 Å². The van der Waals surface area contributed by atoms with E-state index < -0.39 is 0 Å². The summed E-state index contributed by atoms with van der Waals surface area (Å²) in [5.41, 5.74) is 3.94. The van der Waals surface area contributed by atoms with Gasteiger partial charge in [-0.3, -0.25) is 14.7 Å². The van der Waals surface area contributed by atoms with Gasteiger partial charge < -0.3 is 0 Å². The Kier molecular flexibility index (Phi) is 4.86. The molecule has 0 bridgehead atoms. The zero-order valence-electron chi connectivity index (χ0n) is 15.0. The summed E-state index contributed by atoms with van der Waals surface area (Å²) < 4.78 is 0. The molecule has 1 saturated heterocycles. The van der Waals surface area contributed by atoms with Crippen molar-refractivity contribution >= 4 is 23.3 Å². The molecular formula is C21H19ClN4O. The Balaban J connectivity index is 1.48. The topological polar surface area (TPSA) is 59.0 Å². The molecule has 3 heterocycles. The number of anilines is 1. The van der Waals surface area contributed by atoms with Crippen LogP contribution in [-0.4, -0.2) is 27.6 Å². The second kappa shape index (κ2) is 7.45. The van der Waals surface area contributed by atoms with Crippen molar-refractivity contribution in [1.29, 1.82) is 0 Å². The fraction of sp³-hybridized carbons (Fsp3) is 0.238. The number of benzene rings is 1. The van der Waals surface area contributed by atoms with Crippen molar-refractivity contribution in [3.63, 3.8) is 0 Å². The van der Waals surface area contributed by atoms with E-state index in [0.717, 1.165) is 28.8 Å². The van der Waals surface area contributed by atoms with Crippen LogP contribution < -0.4 is 4.90 Å². The molecule has 0 N–H and O–H groups in total. The maximum atomic E-state index is 12.8. The van der Waals surface area contributed by atoms with Crippen LogP contribution in [0.1, 0.15) is 17.5 Å². The standard InChI is InChI=1S/C21H19ClN4O/c1-14-13-23-10-8-18(14)19-6-7-20(25-24-19)26-11-9-16(21(26)27)12-15-2-4-17(22)5-3-15/h2-8,10,13,16H,9,11-12H2,1H3. The largest absolute Gasteiger partial charge is 0.295 e. The van der Waals surface area contributed by atoms with Crippen LogP contribution >= 0.6 is 11.6 Å². The summed E-state index contributed by atoms with van der Waals surface area (Å²) in [6.07, 6.45) is 5.07. The molecular weight excluding hydrogens is 360 g/mol. The molecule has 5 nitrogen and oxygen atoms in total. The molecule has 1 atom stereocenters. The van der Waals surface area contributed by atoms with Gasteiger partial charge in [0.15, 0.2) is 5.82 Å². The molecule has 27 heavy (non-hydrogen) atoms. The summed E-state index contributed by atoms with van der Waals surface area (Å²) in [5, 5.41) is 9.33. The number of hydrogen-bond acceptors (Lipinski definition) is 4. The first-order valence-electron chi connectivity index (χ1n) is 8.92. The van der Waals surface area contributed by atoms with Crippen LogP contribution in [0.15, 0.2) is 54.9 Å². The summed E-state index contributed by atoms with van der Waals surface area (Å²) in [7, 11) is 0. The van der Waals surface area contributed by atoms with Gasteiger partial charge in [-0.2, -0.15) is 0 Å². The molecule has 1 amide bonds. The highest BCUT2D eigenvalue weighted by Gasteiger charge is 2.33. The van der Waals surface area contributed by atoms with E-state index in [1.165, 1.54) is 0 Å². The Bertz CT molecular complexity index is 957. The van der Waals surface area contributed by atoms with Gasteiger partial charge in [0.25, 0.3) is 0 Å². The monoisotopic (exact) mass is 378 g/mol. The SMILES string of the molecule is Cc1cnccc1-c1ccc(N2CCC(Cc3ccc(Cl)cc3)C2=O)nn1. The fourth-order valence-electron chi connectivity index (χ4n) is 3.43. The Hall–Kier alpha value is -2.79. The van der Waals surface area contributed by atoms with E-state index in [9.17, 15) is 4.79 Å². The average molecular weight is 379 g/mol. The number of pyridine rings is 1. The summed E-state index contributed by atoms with van der Waals surface area (Å²) in [5.74, 6) is 0.677. The number of amides is 1. The average Bonchev–Trinajstić information content (AvgIpc) is 3.05. The first-order valence-corrected chi connectivity index (χ1v) is 9.30. The van der Waals surface area contributed by atoms with E-state index in [2.05, 4.69) is 15.2 Å². The van der Waals surface area contributed by atoms with Crippen LogP contribution in [-0.2, 0) is 11.2 Å². The number of rotatable bonds is 4. The summed E-state index contributed by atoms with van der Waals surface area (Å²) in [6.45, 7) is 2.66. The smallest absolute Gasteiger partial charge is 0.231 e. The second-order valence-electron chi connectivity index (χ2n) is 6.77. The van der Waals surface area contributed by atoms with Gasteiger partial charge in [-0.05, 0) is 61.2 Å². The molecule has 0 spiro atoms. The first-order chi connectivity index (χ1) is 13.1. The number of nitrogens with zero attached hydrogens (tertiary/aromatic N) is 4. The summed E-state index contributed by atoms with van der Waals surface area (Å²) >= 11 is 5.93. The van der Waals surface area contributed by atoms with Gasteiger partial charge in [-0.15, -0.1) is 10.2 Å². The van der Waals surface area contributed by atoms with Crippen molar-refractivity contribution in [2.75, 3.05) is 11.4 Å². The maximum Gasteiger partial charge on any atom is 0.231 e. The van der Waals surface area contributed by atoms with Gasteiger partial charge in [0.1, 0.15) is 0 Å². The number of aromatic nitrogens is 3. The highest BCUT2D eigenvalue weighted by Crippen LogP contribution is 2.28. The van der Waals surface area contributed by atoms with E-state index in [1.807, 2.05) is 49.4 Å². The van der Waals surface area contributed by atoms with Gasteiger partial charge >= 0.3 is 0 Å². The van der Waals surface area contributed by atoms with E-state index >= 15 is 0 Å². The van der Waals surface area contributed by atoms with E-state index in [4.69, 9.17) is 11.6 Å². The minimum atomic E-state index is -0.0323. The van der Waals surface area contributed by atoms with E-state index in [1.54, 1.807) is 17.3 Å². The Morgan fingerprint density at radius 3 is 2.63 bits per heavy atom. The molecule has 0 radical (unpaired) electrons. The van der Waals surface area contributed by atoms with Crippen molar-refractivity contribution in [2.45, 2.75) is 19.8 Å². The molecule has 0 saturated carbocycles. The minimum absolute atomic E-state index is 0.0323. The van der Waals surface area contributed by atoms with Crippen molar-refractivity contribution in [3.05, 3.63) is 71.0 Å². The van der Waals surface area contributed by atoms with Crippen LogP contribution in [0.3, 0.4) is 0 Å². The van der Waals surface area contributed by atoms with E-state index in [0.29, 0.717) is 23.8 Å². The third-order valence-electron chi connectivity index (χ3n) is 4.94. The molecule has 1 aliphatic heterocycles. The van der Waals surface area contributed by atoms with Gasteiger partial charge in [-0.1, -0.05) is 23.7 Å². The van der Waals surface area contributed by atoms with Crippen LogP contribution in [0, 0.1) is 12.8 Å². The molecule has 1 aromatic carbocycles. The van der Waals surface area contributed by atoms with Gasteiger partial charge in [0.05, 0.1) is 5.69 Å². The third kappa shape index (κ3) is 3.69. The van der Waals surface area contributed by atoms with Crippen molar-refractivity contribution in [3.8, 4) is 11.3 Å². The van der Waals surface area contributed by atoms with Gasteiger partial charge in [-0.25, -0.2) is 0 Å². The van der Waals surface area contributed by atoms with Crippen LogP contribution in [0.4, 0.5) is 5.82 Å². The quantitative estimate of drug-likeness (QED) is 0.685. The highest BCUT2D eigenvalue weighted by molar-refractivity contribution is 6.30. The van der Waals surface area contributed by atoms with Crippen molar-refractivity contribution in [2.24, 2.45) is 5.92 Å². The molecule has 1 aliphatic rings. The first kappa shape index (κ1) is 17.6. The summed E-state index contributed by atoms with van der Waals surface area (Å²) in [4.78, 5) is 18.6. The van der Waals surface area contributed by atoms with Gasteiger partial charge in [0, 0.05) is 35.4 Å². The number of carbonyl (C=O) groups is 1. The molecule has 4 rings (SSSR count). The Morgan fingerprint density at radius 2 is 1.93 bits per heavy atom. The maximum absolute atomic E-state index is 12.8. The lowest BCUT2D eigenvalue weighted by atomic mass is 9.98. The zero-order chi connectivity index (χ0) is 18.8. The van der Waals surface area contributed by atoms with Crippen LogP contribution in [0.2, 0.25) is 5.02 Å². The Labute approximate surface area is 163 Å². The normalized spacial score (nSPS) is 16.7. The molecule has 136 valence electrons. The molecule has 0 aliphatic carbocycles. The Morgan fingerprint density at radius 1 is 1.11 bits per heavy atom. The number of hydrogen-bond donors (Lipinski definition) is 0. The molecule has 1 unspecified atom stereocenters. The predicted octanol–water partition coefficient (Wildman–Crippen LogP) is 4.10.